The van der Waals surface area contributed by atoms with Gasteiger partial charge in [-0.1, -0.05) is 51.9 Å². The van der Waals surface area contributed by atoms with Gasteiger partial charge in [0.2, 0.25) is 0 Å². The number of carbonyl (C=O) groups excluding carboxylic acids is 2. The standard InChI is InChI=1S/C31H26ClN5O6S2/c1-2-43-27-10-6-4-8-24(27)31(25-18-35-26-9-5-3-7-23(25)26)28(38)37(30(39)40,45(41,42)22-13-11-20(32)12-14-22)19-21(17-33)36(31)29-34-15-16-44-29/h3-16,21,25,35H,2,18-19H2,1H3. The van der Waals surface area contributed by atoms with Crippen molar-refractivity contribution in [1.29, 1.82) is 5.26 Å². The molecular weight excluding hydrogens is 638 g/mol. The van der Waals surface area contributed by atoms with Crippen LogP contribution >= 0.6 is 22.9 Å². The second-order valence-corrected chi connectivity index (χ2v) is 13.8. The number of sulfonamides is 1. The number of hydrogen-bond donors (Lipinski definition) is 1. The van der Waals surface area contributed by atoms with Crippen molar-refractivity contribution in [2.75, 3.05) is 29.9 Å². The number of nitrogens with one attached hydrogen (secondary N) is 1. The van der Waals surface area contributed by atoms with E-state index < -0.39 is 54.9 Å². The summed E-state index contributed by atoms with van der Waals surface area (Å²) in [6, 6.07) is 19.2. The largest absolute Gasteiger partial charge is 0.497 e. The van der Waals surface area contributed by atoms with E-state index in [2.05, 4.69) is 16.4 Å². The maximum absolute atomic E-state index is 15.7. The van der Waals surface area contributed by atoms with Gasteiger partial charge in [0, 0.05) is 40.3 Å². The number of quaternary nitrogens is 1. The zero-order chi connectivity index (χ0) is 32.0. The van der Waals surface area contributed by atoms with Gasteiger partial charge >= 0.3 is 15.9 Å². The minimum Gasteiger partial charge on any atom is -0.497 e. The molecule has 3 heterocycles. The maximum atomic E-state index is 15.7. The average molecular weight is 664 g/mol. The van der Waals surface area contributed by atoms with Crippen LogP contribution in [-0.4, -0.2) is 55.0 Å². The Morgan fingerprint density at radius 1 is 1.20 bits per heavy atom. The maximum Gasteiger partial charge on any atom is 0.366 e. The second-order valence-electron chi connectivity index (χ2n) is 10.5. The summed E-state index contributed by atoms with van der Waals surface area (Å²) >= 11 is 7.17. The molecule has 0 spiro atoms. The first kappa shape index (κ1) is 30.5. The summed E-state index contributed by atoms with van der Waals surface area (Å²) in [5.41, 5.74) is -0.682. The molecule has 1 aromatic heterocycles. The van der Waals surface area contributed by atoms with Crippen LogP contribution in [0.2, 0.25) is 5.02 Å². The summed E-state index contributed by atoms with van der Waals surface area (Å²) in [6.07, 6.45) is -0.690. The summed E-state index contributed by atoms with van der Waals surface area (Å²) in [4.78, 5) is 34.6. The highest BCUT2D eigenvalue weighted by Gasteiger charge is 2.73. The number of imide groups is 1. The molecule has 3 aromatic carbocycles. The number of thiazole rings is 1. The molecule has 0 aliphatic carbocycles. The number of carbonyl (C=O) groups is 2. The van der Waals surface area contributed by atoms with Gasteiger partial charge in [-0.3, -0.25) is 0 Å². The molecule has 2 aliphatic heterocycles. The number of piperazine rings is 1. The molecule has 45 heavy (non-hydrogen) atoms. The summed E-state index contributed by atoms with van der Waals surface area (Å²) < 4.78 is 33.1. The monoisotopic (exact) mass is 663 g/mol. The Bertz CT molecular complexity index is 1930. The first-order chi connectivity index (χ1) is 21.6. The summed E-state index contributed by atoms with van der Waals surface area (Å²) in [6.45, 7) is 1.06. The topological polar surface area (TPSA) is 153 Å². The number of nitriles is 1. The van der Waals surface area contributed by atoms with Gasteiger partial charge in [0.05, 0.1) is 12.7 Å². The zero-order valence-electron chi connectivity index (χ0n) is 23.8. The van der Waals surface area contributed by atoms with Crippen molar-refractivity contribution in [3.05, 3.63) is 101 Å². The van der Waals surface area contributed by atoms with Gasteiger partial charge in [0.25, 0.3) is 6.09 Å². The summed E-state index contributed by atoms with van der Waals surface area (Å²) in [5, 5.41) is 29.6. The average Bonchev–Trinajstić information content (AvgIpc) is 3.72. The van der Waals surface area contributed by atoms with Crippen molar-refractivity contribution >= 4 is 55.8 Å². The molecule has 2 aliphatic rings. The highest BCUT2D eigenvalue weighted by atomic mass is 35.5. The van der Waals surface area contributed by atoms with Crippen LogP contribution in [0.3, 0.4) is 0 Å². The van der Waals surface area contributed by atoms with E-state index >= 15 is 4.79 Å². The summed E-state index contributed by atoms with van der Waals surface area (Å²) in [5.74, 6) is -1.94. The van der Waals surface area contributed by atoms with E-state index in [4.69, 9.17) is 16.3 Å². The molecule has 2 amide bonds. The van der Waals surface area contributed by atoms with Gasteiger partial charge in [-0.15, -0.1) is 11.3 Å². The number of carboxylic acid groups (broad SMARTS) is 1. The van der Waals surface area contributed by atoms with Crippen LogP contribution < -0.4 is 20.1 Å². The first-order valence-electron chi connectivity index (χ1n) is 13.9. The Labute approximate surface area is 268 Å². The Hall–Kier alpha value is -4.48. The molecule has 4 atom stereocenters. The highest BCUT2D eigenvalue weighted by Crippen LogP contribution is 2.56. The number of amides is 2. The lowest BCUT2D eigenvalue weighted by Crippen LogP contribution is -2.81. The van der Waals surface area contributed by atoms with Crippen molar-refractivity contribution in [3.8, 4) is 11.8 Å². The van der Waals surface area contributed by atoms with Crippen molar-refractivity contribution < 1.29 is 31.7 Å². The fourth-order valence-electron chi connectivity index (χ4n) is 6.47. The number of anilines is 2. The quantitative estimate of drug-likeness (QED) is 0.286. The Morgan fingerprint density at radius 3 is 2.58 bits per heavy atom. The molecule has 14 heteroatoms. The number of ether oxygens (including phenoxy) is 1. The van der Waals surface area contributed by atoms with Crippen LogP contribution in [0.5, 0.6) is 5.75 Å². The van der Waals surface area contributed by atoms with Gasteiger partial charge < -0.3 is 24.9 Å². The number of para-hydroxylation sites is 2. The van der Waals surface area contributed by atoms with E-state index in [1.54, 1.807) is 54.8 Å². The van der Waals surface area contributed by atoms with Gasteiger partial charge in [-0.25, -0.2) is 9.78 Å². The number of fused-ring (bicyclic) bond motifs is 1. The van der Waals surface area contributed by atoms with Crippen molar-refractivity contribution in [2.24, 2.45) is 0 Å². The van der Waals surface area contributed by atoms with Crippen LogP contribution in [0, 0.1) is 11.3 Å². The molecule has 6 rings (SSSR count). The molecule has 4 aromatic rings. The van der Waals surface area contributed by atoms with Crippen molar-refractivity contribution in [3.63, 3.8) is 0 Å². The van der Waals surface area contributed by atoms with Crippen LogP contribution in [0.1, 0.15) is 24.0 Å². The second kappa shape index (κ2) is 11.5. The lowest BCUT2D eigenvalue weighted by molar-refractivity contribution is -0.693. The molecule has 1 saturated heterocycles. The smallest absolute Gasteiger partial charge is 0.366 e. The normalized spacial score (nSPS) is 24.4. The number of nitrogens with zero attached hydrogens (tertiary/aromatic N) is 4. The minimum absolute atomic E-state index is 0.0968. The fourth-order valence-corrected chi connectivity index (χ4v) is 9.08. The molecular formula is C31H26ClN5O6S2. The lowest BCUT2D eigenvalue weighted by atomic mass is 9.70. The molecule has 230 valence electrons. The third-order valence-electron chi connectivity index (χ3n) is 8.30. The van der Waals surface area contributed by atoms with E-state index in [0.717, 1.165) is 23.5 Å². The number of aromatic nitrogens is 1. The van der Waals surface area contributed by atoms with E-state index in [1.165, 1.54) is 23.2 Å². The minimum atomic E-state index is -5.12. The molecule has 1 N–H and O–H groups in total. The van der Waals surface area contributed by atoms with Crippen molar-refractivity contribution in [1.82, 2.24) is 4.98 Å². The van der Waals surface area contributed by atoms with E-state index in [0.29, 0.717) is 11.3 Å². The lowest BCUT2D eigenvalue weighted by Gasteiger charge is -2.54. The first-order valence-corrected chi connectivity index (χ1v) is 16.6. The molecule has 11 nitrogen and oxygen atoms in total. The predicted octanol–water partition coefficient (Wildman–Crippen LogP) is 4.09. The molecule has 1 fully saturated rings. The Balaban J connectivity index is 1.78. The van der Waals surface area contributed by atoms with E-state index in [-0.39, 0.29) is 34.6 Å². The predicted molar refractivity (Wildman–Crippen MR) is 165 cm³/mol. The van der Waals surface area contributed by atoms with E-state index in [9.17, 15) is 23.6 Å². The van der Waals surface area contributed by atoms with Crippen LogP contribution in [0.15, 0.2) is 89.3 Å². The van der Waals surface area contributed by atoms with Crippen molar-refractivity contribution in [2.45, 2.75) is 29.3 Å². The number of hydrogen-bond acceptors (Lipinski definition) is 11. The third kappa shape index (κ3) is 4.39. The van der Waals surface area contributed by atoms with Gasteiger partial charge in [0.1, 0.15) is 17.2 Å². The molecule has 0 saturated carbocycles. The number of halogens is 1. The van der Waals surface area contributed by atoms with Crippen LogP contribution in [0.25, 0.3) is 0 Å². The number of rotatable bonds is 7. The van der Waals surface area contributed by atoms with Gasteiger partial charge in [-0.05, 0) is 48.9 Å². The highest BCUT2D eigenvalue weighted by molar-refractivity contribution is 7.86. The Kier molecular flexibility index (Phi) is 7.78. The van der Waals surface area contributed by atoms with Gasteiger partial charge in [-0.2, -0.15) is 13.7 Å². The van der Waals surface area contributed by atoms with E-state index in [1.807, 2.05) is 6.07 Å². The molecule has 0 radical (unpaired) electrons. The van der Waals surface area contributed by atoms with Crippen LogP contribution in [-0.2, 0) is 20.4 Å². The molecule has 0 bridgehead atoms. The summed E-state index contributed by atoms with van der Waals surface area (Å²) in [7, 11) is -5.12. The third-order valence-corrected chi connectivity index (χ3v) is 11.5. The van der Waals surface area contributed by atoms with Gasteiger partial charge in [0.15, 0.2) is 16.7 Å². The fraction of sp³-hybridized carbons (Fsp3) is 0.226. The SMILES string of the molecule is CCOc1ccccc1C1(C2CNc3ccccc32)C(=O)[N+](C(=O)[O-])(S(=O)(=O)c2ccc(Cl)cc2)CC(C#N)N1c1nccs1. The molecule has 4 unspecified atom stereocenters. The Morgan fingerprint density at radius 2 is 1.91 bits per heavy atom. The number of benzene rings is 3. The van der Waals surface area contributed by atoms with Crippen LogP contribution in [0.4, 0.5) is 15.6 Å². The zero-order valence-corrected chi connectivity index (χ0v) is 26.2.